The minimum absolute atomic E-state index is 0.0187. The van der Waals surface area contributed by atoms with Crippen LogP contribution in [-0.4, -0.2) is 54.1 Å². The third kappa shape index (κ3) is 6.01. The monoisotopic (exact) mass is 521 g/mol. The molecule has 0 N–H and O–H groups in total. The fourth-order valence-electron chi connectivity index (χ4n) is 4.29. The minimum atomic E-state index is -0.0187. The van der Waals surface area contributed by atoms with E-state index >= 15 is 0 Å². The van der Waals surface area contributed by atoms with E-state index in [0.29, 0.717) is 47.8 Å². The lowest BCUT2D eigenvalue weighted by Gasteiger charge is -2.26. The van der Waals surface area contributed by atoms with Crippen LogP contribution in [0.4, 0.5) is 5.82 Å². The molecule has 1 atom stereocenters. The normalized spacial score (nSPS) is 11.7. The number of anilines is 1. The highest BCUT2D eigenvalue weighted by atomic mass is 16.5. The minimum Gasteiger partial charge on any atom is -0.497 e. The second-order valence-electron chi connectivity index (χ2n) is 8.85. The van der Waals surface area contributed by atoms with Gasteiger partial charge < -0.3 is 28.6 Å². The molecule has 1 unspecified atom stereocenters. The van der Waals surface area contributed by atoms with Crippen LogP contribution in [0.1, 0.15) is 37.8 Å². The summed E-state index contributed by atoms with van der Waals surface area (Å²) in [6, 6.07) is 11.9. The number of hydrogen-bond donors (Lipinski definition) is 0. The average molecular weight is 522 g/mol. The highest BCUT2D eigenvalue weighted by Gasteiger charge is 2.21. The van der Waals surface area contributed by atoms with E-state index in [4.69, 9.17) is 28.7 Å². The van der Waals surface area contributed by atoms with Crippen molar-refractivity contribution in [2.45, 2.75) is 45.9 Å². The van der Waals surface area contributed by atoms with Crippen molar-refractivity contribution >= 4 is 11.5 Å². The number of imidazole rings is 1. The van der Waals surface area contributed by atoms with Crippen molar-refractivity contribution in [3.8, 4) is 29.0 Å². The lowest BCUT2D eigenvalue weighted by Crippen LogP contribution is -2.25. The largest absolute Gasteiger partial charge is 0.497 e. The van der Waals surface area contributed by atoms with E-state index < -0.39 is 0 Å². The summed E-state index contributed by atoms with van der Waals surface area (Å²) >= 11 is 0. The van der Waals surface area contributed by atoms with Gasteiger partial charge in [-0.2, -0.15) is 4.98 Å². The van der Waals surface area contributed by atoms with Crippen LogP contribution in [0.2, 0.25) is 0 Å². The fraction of sp³-hybridized carbons (Fsp3) is 0.393. The Morgan fingerprint density at radius 1 is 0.895 bits per heavy atom. The number of rotatable bonds is 13. The second kappa shape index (κ2) is 12.4. The molecule has 0 amide bonds. The van der Waals surface area contributed by atoms with Gasteiger partial charge in [-0.25, -0.2) is 9.50 Å². The third-order valence-electron chi connectivity index (χ3n) is 6.19. The van der Waals surface area contributed by atoms with Crippen LogP contribution in [0, 0.1) is 0 Å². The smallest absolute Gasteiger partial charge is 0.336 e. The Morgan fingerprint density at radius 3 is 2.39 bits per heavy atom. The van der Waals surface area contributed by atoms with E-state index in [9.17, 15) is 0 Å². The second-order valence-corrected chi connectivity index (χ2v) is 8.85. The molecule has 4 rings (SSSR count). The zero-order chi connectivity index (χ0) is 27.1. The van der Waals surface area contributed by atoms with Crippen LogP contribution in [0.25, 0.3) is 5.65 Å². The van der Waals surface area contributed by atoms with Gasteiger partial charge in [-0.15, -0.1) is 5.10 Å². The van der Waals surface area contributed by atoms with Crippen LogP contribution < -0.4 is 28.6 Å². The first-order valence-electron chi connectivity index (χ1n) is 12.5. The van der Waals surface area contributed by atoms with E-state index in [1.165, 1.54) is 0 Å². The molecule has 202 valence electrons. The quantitative estimate of drug-likeness (QED) is 0.243. The van der Waals surface area contributed by atoms with E-state index in [1.54, 1.807) is 45.3 Å². The van der Waals surface area contributed by atoms with Gasteiger partial charge >= 0.3 is 6.01 Å². The molecule has 0 bridgehead atoms. The van der Waals surface area contributed by atoms with Gasteiger partial charge in [0.15, 0.2) is 23.0 Å². The number of methoxy groups -OCH3 is 4. The Kier molecular flexibility index (Phi) is 8.73. The van der Waals surface area contributed by atoms with E-state index in [0.717, 1.165) is 29.7 Å². The topological polar surface area (TPSA) is 92.5 Å². The summed E-state index contributed by atoms with van der Waals surface area (Å²) in [5, 5.41) is 4.54. The molecular formula is C28H35N5O5. The molecule has 0 radical (unpaired) electrons. The number of fused-ring (bicyclic) bond motifs is 1. The standard InChI is InChI=1S/C28H35N5O5/c1-7-8-19(2)38-28-30-27(26-29-13-14-33(26)31-28)32(17-20-9-12-23(35-4)25(15-20)37-6)18-21-10-11-22(34-3)16-24(21)36-5/h9-16,19H,7-8,17-18H2,1-6H3. The predicted molar refractivity (Wildman–Crippen MR) is 145 cm³/mol. The maximum absolute atomic E-state index is 6.09. The summed E-state index contributed by atoms with van der Waals surface area (Å²) in [5.74, 6) is 3.38. The van der Waals surface area contributed by atoms with Crippen molar-refractivity contribution in [1.82, 2.24) is 19.6 Å². The molecule has 38 heavy (non-hydrogen) atoms. The predicted octanol–water partition coefficient (Wildman–Crippen LogP) is 4.93. The van der Waals surface area contributed by atoms with Crippen LogP contribution in [0.5, 0.6) is 29.0 Å². The molecule has 0 spiro atoms. The molecule has 0 fully saturated rings. The lowest BCUT2D eigenvalue weighted by atomic mass is 10.1. The van der Waals surface area contributed by atoms with Crippen molar-refractivity contribution in [3.63, 3.8) is 0 Å². The number of benzene rings is 2. The zero-order valence-corrected chi connectivity index (χ0v) is 22.8. The fourth-order valence-corrected chi connectivity index (χ4v) is 4.29. The van der Waals surface area contributed by atoms with Gasteiger partial charge in [0.25, 0.3) is 0 Å². The first-order chi connectivity index (χ1) is 18.5. The molecule has 2 aromatic heterocycles. The van der Waals surface area contributed by atoms with Gasteiger partial charge in [0.1, 0.15) is 11.5 Å². The Morgan fingerprint density at radius 2 is 1.68 bits per heavy atom. The summed E-state index contributed by atoms with van der Waals surface area (Å²) < 4.78 is 29.9. The Hall–Kier alpha value is -4.21. The van der Waals surface area contributed by atoms with Crippen molar-refractivity contribution in [3.05, 3.63) is 59.9 Å². The van der Waals surface area contributed by atoms with Gasteiger partial charge in [0.05, 0.1) is 34.5 Å². The van der Waals surface area contributed by atoms with Gasteiger partial charge in [-0.05, 0) is 43.2 Å². The van der Waals surface area contributed by atoms with Crippen LogP contribution in [0.15, 0.2) is 48.8 Å². The molecule has 2 heterocycles. The molecule has 0 saturated carbocycles. The van der Waals surface area contributed by atoms with E-state index in [1.807, 2.05) is 43.3 Å². The van der Waals surface area contributed by atoms with Crippen molar-refractivity contribution in [1.29, 1.82) is 0 Å². The first-order valence-corrected chi connectivity index (χ1v) is 12.5. The van der Waals surface area contributed by atoms with E-state index in [2.05, 4.69) is 21.9 Å². The number of nitrogens with zero attached hydrogens (tertiary/aromatic N) is 5. The van der Waals surface area contributed by atoms with Gasteiger partial charge in [0.2, 0.25) is 0 Å². The number of aromatic nitrogens is 4. The first kappa shape index (κ1) is 26.8. The average Bonchev–Trinajstić information content (AvgIpc) is 3.41. The summed E-state index contributed by atoms with van der Waals surface area (Å²) in [4.78, 5) is 11.5. The Labute approximate surface area is 223 Å². The van der Waals surface area contributed by atoms with Gasteiger partial charge in [-0.1, -0.05) is 19.4 Å². The molecule has 0 aliphatic carbocycles. The third-order valence-corrected chi connectivity index (χ3v) is 6.19. The van der Waals surface area contributed by atoms with Crippen LogP contribution in [-0.2, 0) is 13.1 Å². The molecule has 0 aliphatic rings. The summed E-state index contributed by atoms with van der Waals surface area (Å²) in [7, 11) is 6.53. The Bertz CT molecular complexity index is 1360. The maximum atomic E-state index is 6.09. The molecule has 2 aromatic carbocycles. The van der Waals surface area contributed by atoms with Crippen molar-refractivity contribution < 1.29 is 23.7 Å². The zero-order valence-electron chi connectivity index (χ0n) is 22.8. The maximum Gasteiger partial charge on any atom is 0.336 e. The SMILES string of the molecule is CCCC(C)Oc1nc(N(Cc2ccc(OC)c(OC)c2)Cc2ccc(OC)cc2OC)c2nccn2n1. The number of ether oxygens (including phenoxy) is 5. The summed E-state index contributed by atoms with van der Waals surface area (Å²) in [6.07, 6.45) is 5.38. The van der Waals surface area contributed by atoms with Crippen LogP contribution >= 0.6 is 0 Å². The van der Waals surface area contributed by atoms with Crippen LogP contribution in [0.3, 0.4) is 0 Å². The molecule has 10 nitrogen and oxygen atoms in total. The lowest BCUT2D eigenvalue weighted by molar-refractivity contribution is 0.189. The molecular weight excluding hydrogens is 486 g/mol. The molecule has 0 aliphatic heterocycles. The molecule has 0 saturated heterocycles. The number of hydrogen-bond acceptors (Lipinski definition) is 9. The highest BCUT2D eigenvalue weighted by Crippen LogP contribution is 2.32. The van der Waals surface area contributed by atoms with Gasteiger partial charge in [-0.3, -0.25) is 0 Å². The molecule has 10 heteroatoms. The van der Waals surface area contributed by atoms with Crippen molar-refractivity contribution in [2.75, 3.05) is 33.3 Å². The van der Waals surface area contributed by atoms with Crippen molar-refractivity contribution in [2.24, 2.45) is 0 Å². The molecule has 4 aromatic rings. The Balaban J connectivity index is 1.80. The summed E-state index contributed by atoms with van der Waals surface area (Å²) in [6.45, 7) is 5.12. The van der Waals surface area contributed by atoms with Gasteiger partial charge in [0, 0.05) is 37.1 Å². The highest BCUT2D eigenvalue weighted by molar-refractivity contribution is 5.65. The summed E-state index contributed by atoms with van der Waals surface area (Å²) in [5.41, 5.74) is 2.58. The van der Waals surface area contributed by atoms with E-state index in [-0.39, 0.29) is 6.10 Å².